The molecule has 1 heterocycles. The average Bonchev–Trinajstić information content (AvgIpc) is 2.82. The molecule has 0 spiro atoms. The van der Waals surface area contributed by atoms with Crippen molar-refractivity contribution < 1.29 is 9.59 Å². The van der Waals surface area contributed by atoms with Gasteiger partial charge < -0.3 is 4.90 Å². The summed E-state index contributed by atoms with van der Waals surface area (Å²) >= 11 is 0. The van der Waals surface area contributed by atoms with Crippen molar-refractivity contribution in [3.8, 4) is 0 Å². The Hall–Kier alpha value is -2.94. The second kappa shape index (κ2) is 12.6. The number of hydrogen-bond acceptors (Lipinski definition) is 2. The maximum Gasteiger partial charge on any atom is 0.219 e. The molecule has 4 rings (SSSR count). The highest BCUT2D eigenvalue weighted by molar-refractivity contribution is 5.98. The van der Waals surface area contributed by atoms with E-state index in [2.05, 4.69) is 30.3 Å². The van der Waals surface area contributed by atoms with Crippen molar-refractivity contribution in [2.75, 3.05) is 13.1 Å². The molecule has 1 amide bonds. The lowest BCUT2D eigenvalue weighted by atomic mass is 9.93. The maximum atomic E-state index is 11.2. The number of amides is 1. The van der Waals surface area contributed by atoms with Gasteiger partial charge in [-0.05, 0) is 47.6 Å². The molecule has 0 atom stereocenters. The molecule has 1 aliphatic heterocycles. The van der Waals surface area contributed by atoms with E-state index in [-0.39, 0.29) is 11.7 Å². The van der Waals surface area contributed by atoms with E-state index in [0.29, 0.717) is 0 Å². The fraction of sp³-hybridized carbons (Fsp3) is 0.333. The number of rotatable bonds is 2. The summed E-state index contributed by atoms with van der Waals surface area (Å²) in [6.07, 6.45) is 7.66. The summed E-state index contributed by atoms with van der Waals surface area (Å²) in [5.74, 6) is 0.434. The molecule has 2 aromatic carbocycles. The van der Waals surface area contributed by atoms with Crippen LogP contribution in [0.25, 0.3) is 11.1 Å². The molecule has 0 fully saturated rings. The summed E-state index contributed by atoms with van der Waals surface area (Å²) in [7, 11) is 0. The largest absolute Gasteiger partial charge is 0.339 e. The Kier molecular flexibility index (Phi) is 9.79. The standard InChI is InChI=1S/C13H15NO.C12H12O.C2H6/c1-11(15)14-9-7-13(8-10-14)12-5-3-2-4-6-12;13-12-8-4-7-11(9-12)10-5-2-1-3-6-10;1-2/h2-7H,8-10H2,1H3;1-3,5-6,9H,4,7-8H2;1-2H3. The van der Waals surface area contributed by atoms with E-state index in [1.807, 2.05) is 55.1 Å². The van der Waals surface area contributed by atoms with Gasteiger partial charge in [-0.1, -0.05) is 80.6 Å². The van der Waals surface area contributed by atoms with Gasteiger partial charge in [0, 0.05) is 26.4 Å². The molecule has 0 radical (unpaired) electrons. The van der Waals surface area contributed by atoms with Crippen LogP contribution >= 0.6 is 0 Å². The molecular formula is C27H33NO2. The van der Waals surface area contributed by atoms with E-state index >= 15 is 0 Å². The number of allylic oxidation sites excluding steroid dienone is 2. The van der Waals surface area contributed by atoms with Crippen LogP contribution in [0.15, 0.2) is 72.8 Å². The Morgan fingerprint density at radius 3 is 1.83 bits per heavy atom. The predicted octanol–water partition coefficient (Wildman–Crippen LogP) is 6.17. The van der Waals surface area contributed by atoms with Crippen molar-refractivity contribution in [2.24, 2.45) is 0 Å². The van der Waals surface area contributed by atoms with E-state index in [4.69, 9.17) is 0 Å². The number of benzene rings is 2. The quantitative estimate of drug-likeness (QED) is 0.601. The number of carbonyl (C=O) groups excluding carboxylic acids is 2. The van der Waals surface area contributed by atoms with Gasteiger partial charge in [-0.25, -0.2) is 0 Å². The summed E-state index contributed by atoms with van der Waals surface area (Å²) < 4.78 is 0. The van der Waals surface area contributed by atoms with Gasteiger partial charge in [0.25, 0.3) is 0 Å². The first-order valence-electron chi connectivity index (χ1n) is 10.9. The van der Waals surface area contributed by atoms with Gasteiger partial charge in [0.15, 0.2) is 5.78 Å². The fourth-order valence-corrected chi connectivity index (χ4v) is 3.54. The van der Waals surface area contributed by atoms with Crippen molar-refractivity contribution in [3.63, 3.8) is 0 Å². The molecule has 2 aromatic rings. The maximum absolute atomic E-state index is 11.2. The molecule has 0 saturated heterocycles. The van der Waals surface area contributed by atoms with E-state index in [1.54, 1.807) is 13.0 Å². The van der Waals surface area contributed by atoms with Gasteiger partial charge in [0.2, 0.25) is 5.91 Å². The third-order valence-corrected chi connectivity index (χ3v) is 5.15. The highest BCUT2D eigenvalue weighted by Gasteiger charge is 2.14. The minimum Gasteiger partial charge on any atom is -0.339 e. The van der Waals surface area contributed by atoms with Crippen LogP contribution in [-0.2, 0) is 9.59 Å². The molecule has 2 aliphatic rings. The normalized spacial score (nSPS) is 15.6. The summed E-state index contributed by atoms with van der Waals surface area (Å²) in [5.41, 5.74) is 5.02. The average molecular weight is 404 g/mol. The predicted molar refractivity (Wildman–Crippen MR) is 126 cm³/mol. The molecule has 3 nitrogen and oxygen atoms in total. The lowest BCUT2D eigenvalue weighted by molar-refractivity contribution is -0.128. The number of hydrogen-bond donors (Lipinski definition) is 0. The van der Waals surface area contributed by atoms with E-state index in [9.17, 15) is 9.59 Å². The lowest BCUT2D eigenvalue weighted by Crippen LogP contribution is -2.32. The van der Waals surface area contributed by atoms with Gasteiger partial charge in [0.1, 0.15) is 0 Å². The molecule has 0 saturated carbocycles. The SMILES string of the molecule is CC.CC(=O)N1CC=C(c2ccccc2)CC1.O=C1C=C(c2ccccc2)CCC1. The van der Waals surface area contributed by atoms with Gasteiger partial charge in [0.05, 0.1) is 0 Å². The highest BCUT2D eigenvalue weighted by atomic mass is 16.2. The molecule has 1 aliphatic carbocycles. The zero-order valence-electron chi connectivity index (χ0n) is 18.4. The van der Waals surface area contributed by atoms with E-state index in [1.165, 1.54) is 22.3 Å². The van der Waals surface area contributed by atoms with Crippen molar-refractivity contribution in [1.82, 2.24) is 4.90 Å². The third-order valence-electron chi connectivity index (χ3n) is 5.15. The summed E-state index contributed by atoms with van der Waals surface area (Å²) in [6.45, 7) is 7.22. The topological polar surface area (TPSA) is 37.4 Å². The molecule has 0 N–H and O–H groups in total. The summed E-state index contributed by atoms with van der Waals surface area (Å²) in [4.78, 5) is 24.2. The molecule has 3 heteroatoms. The van der Waals surface area contributed by atoms with Crippen molar-refractivity contribution in [3.05, 3.63) is 83.9 Å². The van der Waals surface area contributed by atoms with Crippen molar-refractivity contribution in [2.45, 2.75) is 46.5 Å². The Labute approximate surface area is 181 Å². The number of carbonyl (C=O) groups is 2. The van der Waals surface area contributed by atoms with Crippen LogP contribution in [0, 0.1) is 0 Å². The van der Waals surface area contributed by atoms with Gasteiger partial charge in [-0.2, -0.15) is 0 Å². The zero-order valence-corrected chi connectivity index (χ0v) is 18.4. The Bertz CT molecular complexity index is 866. The van der Waals surface area contributed by atoms with Crippen LogP contribution in [0.5, 0.6) is 0 Å². The van der Waals surface area contributed by atoms with E-state index in [0.717, 1.165) is 38.8 Å². The highest BCUT2D eigenvalue weighted by Crippen LogP contribution is 2.24. The van der Waals surface area contributed by atoms with Crippen molar-refractivity contribution >= 4 is 22.8 Å². The minimum absolute atomic E-state index is 0.165. The first kappa shape index (κ1) is 23.3. The fourth-order valence-electron chi connectivity index (χ4n) is 3.54. The molecule has 0 aromatic heterocycles. The van der Waals surface area contributed by atoms with Crippen LogP contribution in [0.3, 0.4) is 0 Å². The van der Waals surface area contributed by atoms with Crippen LogP contribution in [-0.4, -0.2) is 29.7 Å². The Morgan fingerprint density at radius 2 is 1.37 bits per heavy atom. The van der Waals surface area contributed by atoms with E-state index < -0.39 is 0 Å². The Morgan fingerprint density at radius 1 is 0.800 bits per heavy atom. The van der Waals surface area contributed by atoms with Gasteiger partial charge in [-0.15, -0.1) is 0 Å². The third kappa shape index (κ3) is 7.14. The molecule has 158 valence electrons. The molecule has 30 heavy (non-hydrogen) atoms. The van der Waals surface area contributed by atoms with Crippen molar-refractivity contribution in [1.29, 1.82) is 0 Å². The molecule has 0 bridgehead atoms. The van der Waals surface area contributed by atoms with Gasteiger partial charge >= 0.3 is 0 Å². The minimum atomic E-state index is 0.165. The van der Waals surface area contributed by atoms with Crippen LogP contribution in [0.2, 0.25) is 0 Å². The number of ketones is 1. The van der Waals surface area contributed by atoms with Gasteiger partial charge in [-0.3, -0.25) is 9.59 Å². The number of nitrogens with zero attached hydrogens (tertiary/aromatic N) is 1. The second-order valence-electron chi connectivity index (χ2n) is 7.17. The van der Waals surface area contributed by atoms with Crippen LogP contribution in [0.4, 0.5) is 0 Å². The monoisotopic (exact) mass is 403 g/mol. The smallest absolute Gasteiger partial charge is 0.219 e. The first-order chi connectivity index (χ1) is 14.6. The summed E-state index contributed by atoms with van der Waals surface area (Å²) in [6, 6.07) is 20.5. The lowest BCUT2D eigenvalue weighted by Gasteiger charge is -2.25. The Balaban J connectivity index is 0.000000199. The van der Waals surface area contributed by atoms with Crippen LogP contribution in [0.1, 0.15) is 57.6 Å². The first-order valence-corrected chi connectivity index (χ1v) is 10.9. The molecule has 0 unspecified atom stereocenters. The zero-order chi connectivity index (χ0) is 21.8. The van der Waals surface area contributed by atoms with Crippen LogP contribution < -0.4 is 0 Å². The molecular weight excluding hydrogens is 370 g/mol. The summed E-state index contributed by atoms with van der Waals surface area (Å²) in [5, 5.41) is 0. The second-order valence-corrected chi connectivity index (χ2v) is 7.17.